The Kier molecular flexibility index (Phi) is 3.42. The second-order valence-corrected chi connectivity index (χ2v) is 4.83. The van der Waals surface area contributed by atoms with Crippen molar-refractivity contribution in [2.45, 2.75) is 32.7 Å². The fourth-order valence-corrected chi connectivity index (χ4v) is 1.66. The SMILES string of the molecule is CC(C)(C)c1ccc(N)cc1CNC(=O)O. The predicted octanol–water partition coefficient (Wildman–Crippen LogP) is 2.33. The van der Waals surface area contributed by atoms with Gasteiger partial charge in [-0.15, -0.1) is 0 Å². The van der Waals surface area contributed by atoms with Gasteiger partial charge in [0.2, 0.25) is 0 Å². The van der Waals surface area contributed by atoms with Gasteiger partial charge in [0, 0.05) is 12.2 Å². The third-order valence-electron chi connectivity index (χ3n) is 2.37. The number of anilines is 1. The Bertz CT molecular complexity index is 394. The monoisotopic (exact) mass is 222 g/mol. The van der Waals surface area contributed by atoms with Gasteiger partial charge in [-0.25, -0.2) is 4.79 Å². The quantitative estimate of drug-likeness (QED) is 0.672. The van der Waals surface area contributed by atoms with E-state index in [4.69, 9.17) is 10.8 Å². The highest BCUT2D eigenvalue weighted by Gasteiger charge is 2.17. The summed E-state index contributed by atoms with van der Waals surface area (Å²) >= 11 is 0. The molecule has 0 spiro atoms. The summed E-state index contributed by atoms with van der Waals surface area (Å²) in [4.78, 5) is 10.5. The lowest BCUT2D eigenvalue weighted by Crippen LogP contribution is -2.23. The van der Waals surface area contributed by atoms with Crippen LogP contribution in [0, 0.1) is 0 Å². The van der Waals surface area contributed by atoms with Crippen molar-refractivity contribution in [3.05, 3.63) is 29.3 Å². The highest BCUT2D eigenvalue weighted by Crippen LogP contribution is 2.27. The number of hydrogen-bond acceptors (Lipinski definition) is 2. The predicted molar refractivity (Wildman–Crippen MR) is 64.4 cm³/mol. The molecule has 0 bridgehead atoms. The molecule has 1 rings (SSSR count). The maximum absolute atomic E-state index is 10.5. The molecule has 1 amide bonds. The van der Waals surface area contributed by atoms with E-state index in [1.165, 1.54) is 0 Å². The molecule has 0 saturated carbocycles. The molecule has 0 aliphatic rings. The maximum atomic E-state index is 10.5. The van der Waals surface area contributed by atoms with E-state index in [1.807, 2.05) is 18.2 Å². The van der Waals surface area contributed by atoms with E-state index >= 15 is 0 Å². The average molecular weight is 222 g/mol. The van der Waals surface area contributed by atoms with Gasteiger partial charge in [-0.2, -0.15) is 0 Å². The zero-order valence-corrected chi connectivity index (χ0v) is 9.87. The molecule has 0 radical (unpaired) electrons. The van der Waals surface area contributed by atoms with Crippen LogP contribution >= 0.6 is 0 Å². The lowest BCUT2D eigenvalue weighted by Gasteiger charge is -2.23. The van der Waals surface area contributed by atoms with Gasteiger partial charge in [0.15, 0.2) is 0 Å². The summed E-state index contributed by atoms with van der Waals surface area (Å²) in [5, 5.41) is 11.0. The van der Waals surface area contributed by atoms with E-state index in [2.05, 4.69) is 26.1 Å². The van der Waals surface area contributed by atoms with Crippen LogP contribution in [0.4, 0.5) is 10.5 Å². The molecule has 4 nitrogen and oxygen atoms in total. The Morgan fingerprint density at radius 1 is 1.44 bits per heavy atom. The Morgan fingerprint density at radius 3 is 2.56 bits per heavy atom. The number of benzene rings is 1. The molecule has 0 unspecified atom stereocenters. The number of carbonyl (C=O) groups is 1. The average Bonchev–Trinajstić information content (AvgIpc) is 2.12. The highest BCUT2D eigenvalue weighted by atomic mass is 16.4. The van der Waals surface area contributed by atoms with Crippen molar-refractivity contribution >= 4 is 11.8 Å². The van der Waals surface area contributed by atoms with Crippen LogP contribution in [-0.2, 0) is 12.0 Å². The van der Waals surface area contributed by atoms with Crippen molar-refractivity contribution in [2.75, 3.05) is 5.73 Å². The Balaban J connectivity index is 3.04. The molecule has 0 heterocycles. The third-order valence-corrected chi connectivity index (χ3v) is 2.37. The summed E-state index contributed by atoms with van der Waals surface area (Å²) in [6.45, 7) is 6.54. The van der Waals surface area contributed by atoms with Gasteiger partial charge in [0.25, 0.3) is 0 Å². The molecular formula is C12H18N2O2. The highest BCUT2D eigenvalue weighted by molar-refractivity contribution is 5.64. The van der Waals surface area contributed by atoms with E-state index in [-0.39, 0.29) is 12.0 Å². The second-order valence-electron chi connectivity index (χ2n) is 4.83. The molecule has 1 aromatic carbocycles. The molecule has 88 valence electrons. The molecule has 0 aliphatic carbocycles. The lowest BCUT2D eigenvalue weighted by atomic mass is 9.83. The minimum atomic E-state index is -1.03. The van der Waals surface area contributed by atoms with Gasteiger partial charge in [-0.05, 0) is 28.7 Å². The Labute approximate surface area is 95.5 Å². The zero-order valence-electron chi connectivity index (χ0n) is 9.87. The fraction of sp³-hybridized carbons (Fsp3) is 0.417. The van der Waals surface area contributed by atoms with Crippen molar-refractivity contribution in [3.63, 3.8) is 0 Å². The number of amides is 1. The van der Waals surface area contributed by atoms with Crippen molar-refractivity contribution in [3.8, 4) is 0 Å². The largest absolute Gasteiger partial charge is 0.465 e. The summed E-state index contributed by atoms with van der Waals surface area (Å²) in [6, 6.07) is 5.61. The first-order valence-electron chi connectivity index (χ1n) is 5.16. The van der Waals surface area contributed by atoms with Gasteiger partial charge in [-0.1, -0.05) is 26.8 Å². The minimum Gasteiger partial charge on any atom is -0.465 e. The summed E-state index contributed by atoms with van der Waals surface area (Å²) in [5.41, 5.74) is 8.36. The Hall–Kier alpha value is -1.71. The first-order valence-corrected chi connectivity index (χ1v) is 5.16. The first-order chi connectivity index (χ1) is 7.30. The number of nitrogens with one attached hydrogen (secondary N) is 1. The van der Waals surface area contributed by atoms with Crippen molar-refractivity contribution in [1.82, 2.24) is 5.32 Å². The molecule has 0 fully saturated rings. The maximum Gasteiger partial charge on any atom is 0.404 e. The van der Waals surface area contributed by atoms with E-state index in [0.717, 1.165) is 11.1 Å². The van der Waals surface area contributed by atoms with Gasteiger partial charge in [-0.3, -0.25) is 0 Å². The molecule has 0 saturated heterocycles. The molecule has 4 heteroatoms. The summed E-state index contributed by atoms with van der Waals surface area (Å²) in [6.07, 6.45) is -1.03. The molecule has 16 heavy (non-hydrogen) atoms. The van der Waals surface area contributed by atoms with E-state index in [9.17, 15) is 4.79 Å². The van der Waals surface area contributed by atoms with Crippen LogP contribution in [0.25, 0.3) is 0 Å². The standard InChI is InChI=1S/C12H18N2O2/c1-12(2,3)10-5-4-9(13)6-8(10)7-14-11(15)16/h4-6,14H,7,13H2,1-3H3,(H,15,16). The molecule has 1 aromatic rings. The van der Waals surface area contributed by atoms with Crippen molar-refractivity contribution in [2.24, 2.45) is 0 Å². The van der Waals surface area contributed by atoms with Crippen molar-refractivity contribution in [1.29, 1.82) is 0 Å². The van der Waals surface area contributed by atoms with E-state index in [0.29, 0.717) is 5.69 Å². The van der Waals surface area contributed by atoms with Crippen LogP contribution in [0.3, 0.4) is 0 Å². The van der Waals surface area contributed by atoms with Crippen LogP contribution in [0.5, 0.6) is 0 Å². The van der Waals surface area contributed by atoms with E-state index in [1.54, 1.807) is 0 Å². The van der Waals surface area contributed by atoms with Crippen LogP contribution in [0.15, 0.2) is 18.2 Å². The molecular weight excluding hydrogens is 204 g/mol. The van der Waals surface area contributed by atoms with Crippen LogP contribution in [-0.4, -0.2) is 11.2 Å². The normalized spacial score (nSPS) is 11.2. The topological polar surface area (TPSA) is 75.3 Å². The number of nitrogens with two attached hydrogens (primary N) is 1. The number of nitrogen functional groups attached to an aromatic ring is 1. The number of carboxylic acid groups (broad SMARTS) is 1. The van der Waals surface area contributed by atoms with Gasteiger partial charge < -0.3 is 16.2 Å². The van der Waals surface area contributed by atoms with Gasteiger partial charge in [0.1, 0.15) is 0 Å². The summed E-state index contributed by atoms with van der Waals surface area (Å²) in [5.74, 6) is 0. The Morgan fingerprint density at radius 2 is 2.06 bits per heavy atom. The first kappa shape index (κ1) is 12.4. The molecule has 0 aliphatic heterocycles. The number of rotatable bonds is 2. The number of hydrogen-bond donors (Lipinski definition) is 3. The second kappa shape index (κ2) is 4.43. The molecule has 0 atom stereocenters. The minimum absolute atomic E-state index is 0.0246. The van der Waals surface area contributed by atoms with Crippen LogP contribution in [0.1, 0.15) is 31.9 Å². The molecule has 4 N–H and O–H groups in total. The van der Waals surface area contributed by atoms with Crippen LogP contribution in [0.2, 0.25) is 0 Å². The van der Waals surface area contributed by atoms with Crippen LogP contribution < -0.4 is 11.1 Å². The van der Waals surface area contributed by atoms with Gasteiger partial charge >= 0.3 is 6.09 Å². The summed E-state index contributed by atoms with van der Waals surface area (Å²) in [7, 11) is 0. The van der Waals surface area contributed by atoms with Crippen molar-refractivity contribution < 1.29 is 9.90 Å². The molecule has 0 aromatic heterocycles. The summed E-state index contributed by atoms with van der Waals surface area (Å²) < 4.78 is 0. The van der Waals surface area contributed by atoms with E-state index < -0.39 is 6.09 Å². The smallest absolute Gasteiger partial charge is 0.404 e. The van der Waals surface area contributed by atoms with Gasteiger partial charge in [0.05, 0.1) is 0 Å². The third kappa shape index (κ3) is 3.15. The lowest BCUT2D eigenvalue weighted by molar-refractivity contribution is 0.194. The fourth-order valence-electron chi connectivity index (χ4n) is 1.66. The zero-order chi connectivity index (χ0) is 12.3.